The van der Waals surface area contributed by atoms with Crippen LogP contribution in [0.5, 0.6) is 0 Å². The molecule has 0 aliphatic heterocycles. The molecule has 0 saturated heterocycles. The van der Waals surface area contributed by atoms with Crippen molar-refractivity contribution in [2.45, 2.75) is 0 Å². The second kappa shape index (κ2) is 3.61. The topological polar surface area (TPSA) is 43.1 Å². The van der Waals surface area contributed by atoms with Gasteiger partial charge in [-0.1, -0.05) is 42.4 Å². The highest BCUT2D eigenvalue weighted by Crippen LogP contribution is 2.08. The normalized spacial score (nSPS) is 16.4. The van der Waals surface area contributed by atoms with Gasteiger partial charge in [-0.15, -0.1) is 4.92 Å². The Morgan fingerprint density at radius 3 is 2.18 bits per heavy atom. The third kappa shape index (κ3) is 2.71. The van der Waals surface area contributed by atoms with Crippen LogP contribution in [0.15, 0.2) is 36.5 Å². The summed E-state index contributed by atoms with van der Waals surface area (Å²) >= 11 is 0. The molecule has 0 unspecified atom stereocenters. The molecule has 0 saturated carbocycles. The van der Waals surface area contributed by atoms with Gasteiger partial charge in [0, 0.05) is 0 Å². The van der Waals surface area contributed by atoms with Gasteiger partial charge < -0.3 is 0 Å². The highest BCUT2D eigenvalue weighted by molar-refractivity contribution is 5.20. The van der Waals surface area contributed by atoms with Crippen molar-refractivity contribution in [2.24, 2.45) is 5.92 Å². The number of nitrogens with zero attached hydrogens (tertiary/aromatic N) is 1. The van der Waals surface area contributed by atoms with Gasteiger partial charge in [-0.05, 0) is 6.54 Å². The van der Waals surface area contributed by atoms with Gasteiger partial charge in [-0.25, -0.2) is 0 Å². The Morgan fingerprint density at radius 1 is 1.18 bits per heavy atom. The predicted octanol–water partition coefficient (Wildman–Crippen LogP) is 1.72. The van der Waals surface area contributed by atoms with Crippen LogP contribution in [0.4, 0.5) is 0 Å². The molecule has 0 aromatic rings. The lowest BCUT2D eigenvalue weighted by Crippen LogP contribution is -2.02. The zero-order valence-corrected chi connectivity index (χ0v) is 5.88. The van der Waals surface area contributed by atoms with E-state index in [2.05, 4.69) is 0 Å². The maximum absolute atomic E-state index is 10.0. The summed E-state index contributed by atoms with van der Waals surface area (Å²) in [7, 11) is 0. The molecule has 0 atom stereocenters. The van der Waals surface area contributed by atoms with E-state index in [-0.39, 0.29) is 5.92 Å². The maximum atomic E-state index is 10.0. The van der Waals surface area contributed by atoms with Crippen LogP contribution in [0.25, 0.3) is 0 Å². The number of nitro groups is 1. The molecule has 3 heteroatoms. The van der Waals surface area contributed by atoms with E-state index in [0.29, 0.717) is 0 Å². The first-order valence-corrected chi connectivity index (χ1v) is 3.29. The second-order valence-electron chi connectivity index (χ2n) is 2.17. The summed E-state index contributed by atoms with van der Waals surface area (Å²) in [6, 6.07) is 0. The van der Waals surface area contributed by atoms with Gasteiger partial charge in [0.05, 0.1) is 0 Å². The minimum absolute atomic E-state index is 0.181. The van der Waals surface area contributed by atoms with Gasteiger partial charge in [0.25, 0.3) is 0 Å². The van der Waals surface area contributed by atoms with Crippen molar-refractivity contribution in [2.75, 3.05) is 0 Å². The molecule has 11 heavy (non-hydrogen) atoms. The number of rotatable bonds is 2. The smallest absolute Gasteiger partial charge is 0.0480 e. The van der Waals surface area contributed by atoms with Crippen LogP contribution in [-0.4, -0.2) is 4.92 Å². The SMILES string of the molecule is O=[N+]([O-])[CH-]C1C=CC=CC=C1. The summed E-state index contributed by atoms with van der Waals surface area (Å²) in [6.07, 6.45) is 10.8. The molecule has 0 aromatic carbocycles. The Bertz CT molecular complexity index is 212. The number of hydrogen-bond acceptors (Lipinski definition) is 2. The van der Waals surface area contributed by atoms with Crippen LogP contribution in [0, 0.1) is 22.6 Å². The Labute approximate surface area is 64.9 Å². The lowest BCUT2D eigenvalue weighted by Gasteiger charge is -2.09. The summed E-state index contributed by atoms with van der Waals surface area (Å²) in [5.41, 5.74) is 0. The van der Waals surface area contributed by atoms with Gasteiger partial charge in [0.2, 0.25) is 0 Å². The minimum Gasteiger partial charge on any atom is -0.295 e. The molecule has 0 spiro atoms. The molecule has 3 nitrogen and oxygen atoms in total. The first kappa shape index (κ1) is 7.60. The van der Waals surface area contributed by atoms with E-state index in [1.807, 2.05) is 12.2 Å². The summed E-state index contributed by atoms with van der Waals surface area (Å²) in [5.74, 6) is -0.181. The zero-order chi connectivity index (χ0) is 8.10. The van der Waals surface area contributed by atoms with Crippen molar-refractivity contribution in [3.8, 4) is 0 Å². The summed E-state index contributed by atoms with van der Waals surface area (Å²) in [5, 5.41) is 10.0. The fourth-order valence-electron chi connectivity index (χ4n) is 0.817. The highest BCUT2D eigenvalue weighted by Gasteiger charge is 1.95. The van der Waals surface area contributed by atoms with Crippen molar-refractivity contribution in [1.29, 1.82) is 0 Å². The molecule has 0 N–H and O–H groups in total. The van der Waals surface area contributed by atoms with E-state index in [9.17, 15) is 10.1 Å². The average molecular weight is 150 g/mol. The molecule has 0 fully saturated rings. The fraction of sp³-hybridized carbons (Fsp3) is 0.125. The molecule has 1 aliphatic rings. The van der Waals surface area contributed by atoms with Crippen LogP contribution >= 0.6 is 0 Å². The Balaban J connectivity index is 2.53. The molecule has 0 heterocycles. The first-order chi connectivity index (χ1) is 5.29. The molecule has 0 radical (unpaired) electrons. The van der Waals surface area contributed by atoms with Crippen molar-refractivity contribution in [3.63, 3.8) is 0 Å². The molecule has 1 rings (SSSR count). The molecular formula is C8H8NO2-. The molecular weight excluding hydrogens is 142 g/mol. The van der Waals surface area contributed by atoms with Gasteiger partial charge in [0.1, 0.15) is 0 Å². The van der Waals surface area contributed by atoms with Crippen LogP contribution in [0.2, 0.25) is 0 Å². The van der Waals surface area contributed by atoms with Crippen molar-refractivity contribution in [1.82, 2.24) is 0 Å². The van der Waals surface area contributed by atoms with Gasteiger partial charge in [-0.3, -0.25) is 10.1 Å². The summed E-state index contributed by atoms with van der Waals surface area (Å²) < 4.78 is 0. The van der Waals surface area contributed by atoms with Crippen molar-refractivity contribution in [3.05, 3.63) is 53.1 Å². The molecule has 0 bridgehead atoms. The predicted molar refractivity (Wildman–Crippen MR) is 42.2 cm³/mol. The van der Waals surface area contributed by atoms with Crippen LogP contribution in [0.1, 0.15) is 0 Å². The lowest BCUT2D eigenvalue weighted by atomic mass is 10.1. The Kier molecular flexibility index (Phi) is 2.49. The van der Waals surface area contributed by atoms with Crippen LogP contribution in [0.3, 0.4) is 0 Å². The van der Waals surface area contributed by atoms with E-state index in [4.69, 9.17) is 0 Å². The third-order valence-electron chi connectivity index (χ3n) is 1.29. The fourth-order valence-corrected chi connectivity index (χ4v) is 0.817. The van der Waals surface area contributed by atoms with E-state index in [1.165, 1.54) is 0 Å². The van der Waals surface area contributed by atoms with Crippen LogP contribution < -0.4 is 0 Å². The van der Waals surface area contributed by atoms with Crippen LogP contribution in [-0.2, 0) is 0 Å². The van der Waals surface area contributed by atoms with Crippen molar-refractivity contribution >= 4 is 0 Å². The van der Waals surface area contributed by atoms with E-state index >= 15 is 0 Å². The number of hydrogen-bond donors (Lipinski definition) is 0. The van der Waals surface area contributed by atoms with E-state index in [1.54, 1.807) is 24.3 Å². The third-order valence-corrected chi connectivity index (χ3v) is 1.29. The lowest BCUT2D eigenvalue weighted by molar-refractivity contribution is -0.440. The van der Waals surface area contributed by atoms with E-state index in [0.717, 1.165) is 6.54 Å². The average Bonchev–Trinajstić information content (AvgIpc) is 2.14. The molecule has 1 aliphatic carbocycles. The Morgan fingerprint density at radius 2 is 1.73 bits per heavy atom. The largest absolute Gasteiger partial charge is 0.295 e. The monoisotopic (exact) mass is 150 g/mol. The van der Waals surface area contributed by atoms with E-state index < -0.39 is 4.92 Å². The highest BCUT2D eigenvalue weighted by atomic mass is 16.6. The van der Waals surface area contributed by atoms with Crippen molar-refractivity contribution < 1.29 is 4.92 Å². The van der Waals surface area contributed by atoms with Gasteiger partial charge >= 0.3 is 0 Å². The van der Waals surface area contributed by atoms with Gasteiger partial charge in [-0.2, -0.15) is 0 Å². The zero-order valence-electron chi connectivity index (χ0n) is 5.88. The minimum atomic E-state index is -0.426. The first-order valence-electron chi connectivity index (χ1n) is 3.29. The Hall–Kier alpha value is -1.51. The second-order valence-corrected chi connectivity index (χ2v) is 2.17. The molecule has 0 aromatic heterocycles. The maximum Gasteiger partial charge on any atom is -0.0480 e. The number of allylic oxidation sites excluding steroid dienone is 4. The quantitative estimate of drug-likeness (QED) is 0.341. The summed E-state index contributed by atoms with van der Waals surface area (Å²) in [6.45, 7) is 1.06. The summed E-state index contributed by atoms with van der Waals surface area (Å²) in [4.78, 5) is 9.62. The standard InChI is InChI=1S/C8H8NO2/c10-9(11)7-8-5-3-1-2-4-6-8/h1-8H/q-1. The molecule has 0 amide bonds. The van der Waals surface area contributed by atoms with Gasteiger partial charge in [0.15, 0.2) is 0 Å². The molecule has 58 valence electrons.